The van der Waals surface area contributed by atoms with Crippen molar-refractivity contribution in [2.75, 3.05) is 5.73 Å². The number of halogens is 5. The number of H-pyrrole nitrogens is 1. The second-order valence-corrected chi connectivity index (χ2v) is 6.97. The number of anilines is 1. The van der Waals surface area contributed by atoms with Crippen LogP contribution in [0.15, 0.2) is 35.4 Å². The minimum Gasteiger partial charge on any atom is -0.382 e. The summed E-state index contributed by atoms with van der Waals surface area (Å²) in [5.74, 6) is -0.245. The molecule has 2 aromatic heterocycles. The van der Waals surface area contributed by atoms with Crippen LogP contribution in [0.1, 0.15) is 0 Å². The highest BCUT2D eigenvalue weighted by molar-refractivity contribution is 8.45. The maximum Gasteiger partial charge on any atom is 0.310 e. The van der Waals surface area contributed by atoms with Gasteiger partial charge in [-0.05, 0) is 12.1 Å². The molecule has 22 heavy (non-hydrogen) atoms. The van der Waals surface area contributed by atoms with E-state index in [4.69, 9.17) is 5.73 Å². The van der Waals surface area contributed by atoms with Crippen molar-refractivity contribution in [2.24, 2.45) is 0 Å². The molecule has 3 N–H and O–H groups in total. The lowest BCUT2D eigenvalue weighted by Crippen LogP contribution is -2.06. The molecule has 3 aromatic rings. The topological polar surface area (TPSA) is 80.5 Å². The second kappa shape index (κ2) is 3.66. The van der Waals surface area contributed by atoms with Gasteiger partial charge in [-0.3, -0.25) is 5.10 Å². The molecular formula is C11H8F5N5S. The molecule has 0 aliphatic carbocycles. The van der Waals surface area contributed by atoms with Crippen LogP contribution in [0.25, 0.3) is 22.4 Å². The minimum atomic E-state index is -9.77. The second-order valence-electron chi connectivity index (χ2n) is 4.56. The fraction of sp³-hybridized carbons (Fsp3) is 0. The number of fused-ring (bicyclic) bond motifs is 1. The van der Waals surface area contributed by atoms with E-state index in [9.17, 15) is 19.4 Å². The van der Waals surface area contributed by atoms with Gasteiger partial charge in [0, 0.05) is 5.56 Å². The van der Waals surface area contributed by atoms with E-state index in [0.29, 0.717) is 17.6 Å². The predicted octanol–water partition coefficient (Wildman–Crippen LogP) is 4.26. The number of nitrogens with zero attached hydrogens (tertiary/aromatic N) is 3. The first-order valence-corrected chi connectivity index (χ1v) is 7.70. The Morgan fingerprint density at radius 1 is 1.05 bits per heavy atom. The number of nitrogens with two attached hydrogens (primary N) is 1. The van der Waals surface area contributed by atoms with E-state index in [1.165, 1.54) is 12.3 Å². The van der Waals surface area contributed by atoms with Gasteiger partial charge in [0.1, 0.15) is 15.9 Å². The molecule has 0 unspecified atom stereocenters. The first kappa shape index (κ1) is 14.5. The fourth-order valence-electron chi connectivity index (χ4n) is 1.87. The number of aromatic nitrogens is 4. The van der Waals surface area contributed by atoms with Gasteiger partial charge < -0.3 is 5.73 Å². The lowest BCUT2D eigenvalue weighted by Gasteiger charge is -2.40. The Hall–Kier alpha value is -2.43. The lowest BCUT2D eigenvalue weighted by molar-refractivity contribution is 0.364. The molecule has 0 aliphatic heterocycles. The zero-order chi connectivity index (χ0) is 16.2. The summed E-state index contributed by atoms with van der Waals surface area (Å²) in [6.45, 7) is 0. The Bertz CT molecular complexity index is 889. The molecule has 0 fully saturated rings. The first-order chi connectivity index (χ1) is 9.94. The predicted molar refractivity (Wildman–Crippen MR) is 72.9 cm³/mol. The highest BCUT2D eigenvalue weighted by atomic mass is 32.5. The molecule has 0 aliphatic rings. The van der Waals surface area contributed by atoms with Crippen LogP contribution < -0.4 is 5.73 Å². The van der Waals surface area contributed by atoms with Crippen molar-refractivity contribution in [3.05, 3.63) is 30.5 Å². The zero-order valence-electron chi connectivity index (χ0n) is 10.6. The van der Waals surface area contributed by atoms with Gasteiger partial charge >= 0.3 is 10.2 Å². The van der Waals surface area contributed by atoms with E-state index in [1.807, 2.05) is 0 Å². The molecule has 5 nitrogen and oxygen atoms in total. The van der Waals surface area contributed by atoms with Crippen molar-refractivity contribution < 1.29 is 19.4 Å². The Morgan fingerprint density at radius 2 is 1.77 bits per heavy atom. The SMILES string of the molecule is Nc1nc(-c2cccc(S(F)(F)(F)(F)F)c2)nc2cn[nH]c12. The van der Waals surface area contributed by atoms with Crippen LogP contribution in [-0.2, 0) is 0 Å². The largest absolute Gasteiger partial charge is 0.382 e. The van der Waals surface area contributed by atoms with Gasteiger partial charge in [-0.2, -0.15) is 5.10 Å². The van der Waals surface area contributed by atoms with Crippen molar-refractivity contribution in [1.29, 1.82) is 0 Å². The van der Waals surface area contributed by atoms with Crippen molar-refractivity contribution >= 4 is 27.1 Å². The van der Waals surface area contributed by atoms with Gasteiger partial charge in [0.15, 0.2) is 11.6 Å². The molecule has 2 heterocycles. The molecule has 1 aromatic carbocycles. The average Bonchev–Trinajstić information content (AvgIpc) is 2.85. The molecule has 3 rings (SSSR count). The molecule has 0 atom stereocenters. The molecule has 0 spiro atoms. The number of rotatable bonds is 2. The van der Waals surface area contributed by atoms with E-state index in [2.05, 4.69) is 20.2 Å². The van der Waals surface area contributed by atoms with Crippen molar-refractivity contribution in [3.8, 4) is 11.4 Å². The number of aromatic amines is 1. The monoisotopic (exact) mass is 337 g/mol. The Kier molecular flexibility index (Phi) is 2.41. The Balaban J connectivity index is 2.20. The Morgan fingerprint density at radius 3 is 2.45 bits per heavy atom. The summed E-state index contributed by atoms with van der Waals surface area (Å²) >= 11 is 0. The molecule has 0 saturated carbocycles. The quantitative estimate of drug-likeness (QED) is 0.685. The normalized spacial score (nSPS) is 15.5. The van der Waals surface area contributed by atoms with Crippen molar-refractivity contribution in [2.45, 2.75) is 4.90 Å². The standard InChI is InChI=1S/C11H8F5N5S/c12-22(13,14,15,16)7-3-1-2-6(4-7)11-19-8-5-18-21-9(8)10(17)20-11/h1-5H,(H,18,21)(H2,17,19,20). The van der Waals surface area contributed by atoms with Crippen molar-refractivity contribution in [1.82, 2.24) is 20.2 Å². The van der Waals surface area contributed by atoms with Gasteiger partial charge in [0.05, 0.1) is 6.20 Å². The minimum absolute atomic E-state index is 0.0461. The molecule has 11 heteroatoms. The lowest BCUT2D eigenvalue weighted by atomic mass is 10.2. The molecular weight excluding hydrogens is 329 g/mol. The van der Waals surface area contributed by atoms with E-state index in [0.717, 1.165) is 6.07 Å². The van der Waals surface area contributed by atoms with Gasteiger partial charge in [-0.25, -0.2) is 9.97 Å². The summed E-state index contributed by atoms with van der Waals surface area (Å²) < 4.78 is 64.2. The summed E-state index contributed by atoms with van der Waals surface area (Å²) in [5.41, 5.74) is 5.98. The maximum absolute atomic E-state index is 12.8. The van der Waals surface area contributed by atoms with Crippen LogP contribution in [0.2, 0.25) is 0 Å². The van der Waals surface area contributed by atoms with Crippen LogP contribution in [0.3, 0.4) is 0 Å². The van der Waals surface area contributed by atoms with Gasteiger partial charge in [0.2, 0.25) is 0 Å². The molecule has 0 radical (unpaired) electrons. The zero-order valence-corrected chi connectivity index (χ0v) is 11.4. The average molecular weight is 337 g/mol. The molecule has 0 amide bonds. The molecule has 0 saturated heterocycles. The number of nitrogens with one attached hydrogen (secondary N) is 1. The third-order valence-corrected chi connectivity index (χ3v) is 4.01. The fourth-order valence-corrected chi connectivity index (χ4v) is 2.55. The third kappa shape index (κ3) is 2.54. The number of hydrogen-bond acceptors (Lipinski definition) is 4. The highest BCUT2D eigenvalue weighted by Gasteiger charge is 2.65. The number of benzene rings is 1. The van der Waals surface area contributed by atoms with Gasteiger partial charge in [0.25, 0.3) is 0 Å². The number of hydrogen-bond donors (Lipinski definition) is 2. The summed E-state index contributed by atoms with van der Waals surface area (Å²) in [4.78, 5) is 5.75. The van der Waals surface area contributed by atoms with Crippen molar-refractivity contribution in [3.63, 3.8) is 0 Å². The highest BCUT2D eigenvalue weighted by Crippen LogP contribution is 3.02. The summed E-state index contributed by atoms with van der Waals surface area (Å²) in [5, 5.41) is 6.19. The summed E-state index contributed by atoms with van der Waals surface area (Å²) in [6, 6.07) is 2.67. The Labute approximate surface area is 120 Å². The van der Waals surface area contributed by atoms with Crippen LogP contribution in [0, 0.1) is 0 Å². The van der Waals surface area contributed by atoms with Gasteiger partial charge in [-0.15, -0.1) is 0 Å². The molecule has 0 bridgehead atoms. The van der Waals surface area contributed by atoms with E-state index in [1.54, 1.807) is 0 Å². The van der Waals surface area contributed by atoms with E-state index >= 15 is 0 Å². The first-order valence-electron chi connectivity index (χ1n) is 5.75. The van der Waals surface area contributed by atoms with Crippen LogP contribution >= 0.6 is 10.2 Å². The third-order valence-electron chi connectivity index (χ3n) is 2.87. The van der Waals surface area contributed by atoms with Gasteiger partial charge in [-0.1, -0.05) is 31.6 Å². The van der Waals surface area contributed by atoms with E-state index in [-0.39, 0.29) is 22.7 Å². The maximum atomic E-state index is 12.8. The van der Waals surface area contributed by atoms with Crippen LogP contribution in [0.4, 0.5) is 25.2 Å². The summed E-state index contributed by atoms with van der Waals surface area (Å²) in [7, 11) is -9.77. The smallest absolute Gasteiger partial charge is 0.310 e. The molecule has 118 valence electrons. The van der Waals surface area contributed by atoms with Crippen LogP contribution in [-0.4, -0.2) is 20.2 Å². The summed E-state index contributed by atoms with van der Waals surface area (Å²) in [6.07, 6.45) is 1.30. The van der Waals surface area contributed by atoms with Crippen LogP contribution in [0.5, 0.6) is 0 Å². The number of nitrogen functional groups attached to an aromatic ring is 1. The van der Waals surface area contributed by atoms with E-state index < -0.39 is 15.1 Å².